The van der Waals surface area contributed by atoms with Crippen LogP contribution in [0.5, 0.6) is 0 Å². The van der Waals surface area contributed by atoms with E-state index in [4.69, 9.17) is 21.4 Å². The summed E-state index contributed by atoms with van der Waals surface area (Å²) >= 11 is 6.44. The van der Waals surface area contributed by atoms with Gasteiger partial charge in [0, 0.05) is 25.0 Å². The lowest BCUT2D eigenvalue weighted by Gasteiger charge is -2.22. The number of aliphatic imine (C=N–C) groups is 1. The number of hydrogen-bond donors (Lipinski definition) is 3. The number of nitrogens with zero attached hydrogens (tertiary/aromatic N) is 1. The SMILES string of the molecule is CC=C(C)C=CC(=O)NCC1=CC2CC(C3=CCC(F)C(C(=O)NCCO)=N3)=CC(Cl)=C2O1. The quantitative estimate of drug-likeness (QED) is 0.371. The second-order valence-electron chi connectivity index (χ2n) is 7.78. The molecule has 7 nitrogen and oxygen atoms in total. The van der Waals surface area contributed by atoms with E-state index in [1.54, 1.807) is 18.2 Å². The van der Waals surface area contributed by atoms with Crippen molar-refractivity contribution in [1.29, 1.82) is 0 Å². The van der Waals surface area contributed by atoms with E-state index in [9.17, 15) is 14.0 Å². The Bertz CT molecular complexity index is 1040. The number of alkyl halides is 1. The lowest BCUT2D eigenvalue weighted by molar-refractivity contribution is -0.116. The van der Waals surface area contributed by atoms with Gasteiger partial charge in [-0.1, -0.05) is 35.4 Å². The molecule has 33 heavy (non-hydrogen) atoms. The molecule has 0 saturated heterocycles. The van der Waals surface area contributed by atoms with Crippen molar-refractivity contribution < 1.29 is 23.8 Å². The number of aliphatic hydroxyl groups is 1. The van der Waals surface area contributed by atoms with Gasteiger partial charge in [-0.25, -0.2) is 9.38 Å². The summed E-state index contributed by atoms with van der Waals surface area (Å²) in [7, 11) is 0. The van der Waals surface area contributed by atoms with Gasteiger partial charge in [-0.05, 0) is 38.0 Å². The first kappa shape index (κ1) is 24.7. The number of allylic oxidation sites excluding steroid dienone is 8. The van der Waals surface area contributed by atoms with Gasteiger partial charge in [0.25, 0.3) is 5.91 Å². The van der Waals surface area contributed by atoms with Crippen molar-refractivity contribution in [2.45, 2.75) is 32.9 Å². The number of rotatable bonds is 8. The van der Waals surface area contributed by atoms with Crippen molar-refractivity contribution in [1.82, 2.24) is 10.6 Å². The molecule has 3 N–H and O–H groups in total. The van der Waals surface area contributed by atoms with Crippen molar-refractivity contribution in [3.05, 3.63) is 69.8 Å². The third kappa shape index (κ3) is 6.30. The van der Waals surface area contributed by atoms with E-state index >= 15 is 0 Å². The zero-order valence-corrected chi connectivity index (χ0v) is 19.3. The fourth-order valence-corrected chi connectivity index (χ4v) is 3.80. The summed E-state index contributed by atoms with van der Waals surface area (Å²) < 4.78 is 20.1. The molecule has 176 valence electrons. The number of nitrogens with one attached hydrogen (secondary N) is 2. The third-order valence-electron chi connectivity index (χ3n) is 5.35. The molecule has 2 heterocycles. The monoisotopic (exact) mass is 475 g/mol. The number of aliphatic hydroxyl groups excluding tert-OH is 1. The summed E-state index contributed by atoms with van der Waals surface area (Å²) in [5.41, 5.74) is 2.03. The summed E-state index contributed by atoms with van der Waals surface area (Å²) in [6.07, 6.45) is 9.38. The van der Waals surface area contributed by atoms with E-state index in [1.165, 1.54) is 6.08 Å². The van der Waals surface area contributed by atoms with Crippen LogP contribution in [0.25, 0.3) is 0 Å². The van der Waals surface area contributed by atoms with Crippen LogP contribution in [-0.2, 0) is 14.3 Å². The van der Waals surface area contributed by atoms with Gasteiger partial charge in [-0.15, -0.1) is 0 Å². The molecule has 0 aromatic carbocycles. The number of hydrogen-bond acceptors (Lipinski definition) is 5. The summed E-state index contributed by atoms with van der Waals surface area (Å²) in [5.74, 6) is 0.165. The summed E-state index contributed by atoms with van der Waals surface area (Å²) in [5, 5.41) is 14.5. The molecule has 0 aromatic heterocycles. The van der Waals surface area contributed by atoms with Crippen LogP contribution in [0.1, 0.15) is 26.7 Å². The van der Waals surface area contributed by atoms with Gasteiger partial charge in [-0.3, -0.25) is 9.59 Å². The summed E-state index contributed by atoms with van der Waals surface area (Å²) in [4.78, 5) is 28.4. The number of amides is 2. The first-order valence-electron chi connectivity index (χ1n) is 10.7. The van der Waals surface area contributed by atoms with E-state index in [1.807, 2.05) is 26.0 Å². The fraction of sp³-hybridized carbons (Fsp3) is 0.375. The van der Waals surface area contributed by atoms with Crippen molar-refractivity contribution in [3.63, 3.8) is 0 Å². The average molecular weight is 476 g/mol. The number of halogens is 2. The lowest BCUT2D eigenvalue weighted by atomic mass is 9.90. The van der Waals surface area contributed by atoms with Crippen LogP contribution in [-0.4, -0.2) is 48.5 Å². The Labute approximate surface area is 197 Å². The molecule has 2 unspecified atom stereocenters. The van der Waals surface area contributed by atoms with E-state index in [-0.39, 0.29) is 43.7 Å². The molecule has 3 rings (SSSR count). The third-order valence-corrected chi connectivity index (χ3v) is 5.64. The Hall–Kier alpha value is -2.97. The van der Waals surface area contributed by atoms with Gasteiger partial charge < -0.3 is 20.5 Å². The number of ether oxygens (including phenoxy) is 1. The van der Waals surface area contributed by atoms with Crippen LogP contribution >= 0.6 is 11.6 Å². The van der Waals surface area contributed by atoms with Gasteiger partial charge in [0.2, 0.25) is 5.91 Å². The summed E-state index contributed by atoms with van der Waals surface area (Å²) in [6.45, 7) is 3.80. The van der Waals surface area contributed by atoms with Crippen LogP contribution in [0.4, 0.5) is 4.39 Å². The van der Waals surface area contributed by atoms with Crippen molar-refractivity contribution in [2.75, 3.05) is 19.7 Å². The highest BCUT2D eigenvalue weighted by Gasteiger charge is 2.33. The molecule has 0 spiro atoms. The molecule has 0 fully saturated rings. The van der Waals surface area contributed by atoms with Crippen LogP contribution in [0.15, 0.2) is 74.8 Å². The van der Waals surface area contributed by atoms with Crippen molar-refractivity contribution in [3.8, 4) is 0 Å². The zero-order valence-electron chi connectivity index (χ0n) is 18.5. The maximum atomic E-state index is 14.3. The largest absolute Gasteiger partial charge is 0.462 e. The minimum atomic E-state index is -1.51. The molecule has 2 atom stereocenters. The Morgan fingerprint density at radius 1 is 1.36 bits per heavy atom. The molecule has 2 amide bonds. The number of carbonyl (C=O) groups is 2. The van der Waals surface area contributed by atoms with Crippen LogP contribution in [0.2, 0.25) is 0 Å². The predicted molar refractivity (Wildman–Crippen MR) is 125 cm³/mol. The maximum absolute atomic E-state index is 14.3. The molecule has 1 aliphatic carbocycles. The van der Waals surface area contributed by atoms with E-state index in [0.29, 0.717) is 28.7 Å². The molecule has 9 heteroatoms. The molecular weight excluding hydrogens is 449 g/mol. The van der Waals surface area contributed by atoms with Gasteiger partial charge in [-0.2, -0.15) is 0 Å². The fourth-order valence-electron chi connectivity index (χ4n) is 3.49. The number of fused-ring (bicyclic) bond motifs is 1. The normalized spacial score (nSPS) is 22.8. The predicted octanol–water partition coefficient (Wildman–Crippen LogP) is 3.11. The lowest BCUT2D eigenvalue weighted by Crippen LogP contribution is -2.39. The van der Waals surface area contributed by atoms with E-state index < -0.39 is 12.1 Å². The first-order chi connectivity index (χ1) is 15.8. The van der Waals surface area contributed by atoms with Crippen LogP contribution in [0.3, 0.4) is 0 Å². The first-order valence-corrected chi connectivity index (χ1v) is 11.1. The molecule has 0 bridgehead atoms. The van der Waals surface area contributed by atoms with Gasteiger partial charge >= 0.3 is 0 Å². The van der Waals surface area contributed by atoms with Gasteiger partial charge in [0.1, 0.15) is 17.2 Å². The Balaban J connectivity index is 1.67. The molecule has 3 aliphatic rings. The van der Waals surface area contributed by atoms with E-state index in [2.05, 4.69) is 15.6 Å². The highest BCUT2D eigenvalue weighted by atomic mass is 35.5. The standard InChI is InChI=1S/C24H27ClFN3O4/c1-3-14(2)4-7-21(31)28-13-17-11-16-10-15(12-18(25)23(16)33-17)20-6-5-19(26)22(29-20)24(32)27-8-9-30/h3-4,6-7,11-12,16,19,30H,5,8-10,13H2,1-2H3,(H,27,32)(H,28,31). The average Bonchev–Trinajstić information content (AvgIpc) is 3.23. The van der Waals surface area contributed by atoms with E-state index in [0.717, 1.165) is 11.1 Å². The Morgan fingerprint density at radius 3 is 2.88 bits per heavy atom. The minimum absolute atomic E-state index is 0.0263. The second-order valence-corrected chi connectivity index (χ2v) is 8.19. The maximum Gasteiger partial charge on any atom is 0.268 e. The van der Waals surface area contributed by atoms with Crippen LogP contribution < -0.4 is 10.6 Å². The second kappa shape index (κ2) is 11.2. The highest BCUT2D eigenvalue weighted by molar-refractivity contribution is 6.41. The molecule has 2 aliphatic heterocycles. The topological polar surface area (TPSA) is 100 Å². The summed E-state index contributed by atoms with van der Waals surface area (Å²) in [6, 6.07) is 0. The Morgan fingerprint density at radius 2 is 2.15 bits per heavy atom. The number of carbonyl (C=O) groups excluding carboxylic acids is 2. The van der Waals surface area contributed by atoms with Gasteiger partial charge in [0.05, 0.1) is 23.9 Å². The molecule has 0 radical (unpaired) electrons. The van der Waals surface area contributed by atoms with Crippen molar-refractivity contribution in [2.24, 2.45) is 10.9 Å². The molecule has 0 aromatic rings. The highest BCUT2D eigenvalue weighted by Crippen LogP contribution is 2.42. The minimum Gasteiger partial charge on any atom is -0.462 e. The smallest absolute Gasteiger partial charge is 0.268 e. The van der Waals surface area contributed by atoms with Gasteiger partial charge in [0.15, 0.2) is 6.17 Å². The van der Waals surface area contributed by atoms with Crippen molar-refractivity contribution >= 4 is 29.1 Å². The molecule has 0 saturated carbocycles. The molecular formula is C24H27ClFN3O4. The van der Waals surface area contributed by atoms with Crippen LogP contribution in [0, 0.1) is 5.92 Å². The Kier molecular flexibility index (Phi) is 8.41. The zero-order chi connectivity index (χ0) is 24.0.